The monoisotopic (exact) mass is 316 g/mol. The number of rotatable bonds is 10. The van der Waals surface area contributed by atoms with Gasteiger partial charge in [0, 0.05) is 39.7 Å². The molecular formula is C14H25ClN4O2. The molecule has 1 heterocycles. The van der Waals surface area contributed by atoms with Crippen molar-refractivity contribution in [3.8, 4) is 0 Å². The second-order valence-corrected chi connectivity index (χ2v) is 5.02. The van der Waals surface area contributed by atoms with Gasteiger partial charge in [0.05, 0.1) is 23.0 Å². The molecule has 6 nitrogen and oxygen atoms in total. The second-order valence-electron chi connectivity index (χ2n) is 4.65. The molecule has 0 radical (unpaired) electrons. The minimum absolute atomic E-state index is 0.0175. The maximum atomic E-state index is 11.5. The maximum absolute atomic E-state index is 11.5. The molecule has 2 N–H and O–H groups in total. The zero-order valence-electron chi connectivity index (χ0n) is 13.0. The quantitative estimate of drug-likeness (QED) is 0.640. The molecular weight excluding hydrogens is 292 g/mol. The van der Waals surface area contributed by atoms with Crippen LogP contribution in [-0.4, -0.2) is 42.5 Å². The molecule has 0 aliphatic heterocycles. The first-order valence-electron chi connectivity index (χ1n) is 7.34. The van der Waals surface area contributed by atoms with Crippen molar-refractivity contribution in [1.82, 2.24) is 20.4 Å². The second kappa shape index (κ2) is 9.76. The molecule has 0 aliphatic carbocycles. The number of hydrogen-bond donors (Lipinski definition) is 2. The predicted octanol–water partition coefficient (Wildman–Crippen LogP) is 1.36. The number of hydrogen-bond acceptors (Lipinski definition) is 4. The molecule has 0 aromatic carbocycles. The molecule has 0 saturated heterocycles. The van der Waals surface area contributed by atoms with Gasteiger partial charge in [0.1, 0.15) is 0 Å². The smallest absolute Gasteiger partial charge is 0.221 e. The summed E-state index contributed by atoms with van der Waals surface area (Å²) in [7, 11) is 1.61. The molecule has 0 spiro atoms. The first-order valence-corrected chi connectivity index (χ1v) is 7.72. The van der Waals surface area contributed by atoms with E-state index in [1.165, 1.54) is 0 Å². The first kappa shape index (κ1) is 17.9. The summed E-state index contributed by atoms with van der Waals surface area (Å²) < 4.78 is 6.78. The van der Waals surface area contributed by atoms with Crippen LogP contribution in [0.15, 0.2) is 0 Å². The summed E-state index contributed by atoms with van der Waals surface area (Å²) >= 11 is 6.32. The molecule has 0 bridgehead atoms. The van der Waals surface area contributed by atoms with Crippen LogP contribution in [0.3, 0.4) is 0 Å². The Balaban J connectivity index is 2.35. The van der Waals surface area contributed by atoms with E-state index in [1.807, 2.05) is 18.5 Å². The fraction of sp³-hybridized carbons (Fsp3) is 0.714. The lowest BCUT2D eigenvalue weighted by Gasteiger charge is -2.08. The zero-order chi connectivity index (χ0) is 15.7. The van der Waals surface area contributed by atoms with Gasteiger partial charge in [0.25, 0.3) is 0 Å². The van der Waals surface area contributed by atoms with Crippen molar-refractivity contribution in [3.05, 3.63) is 16.4 Å². The van der Waals surface area contributed by atoms with Crippen molar-refractivity contribution in [2.45, 2.75) is 39.8 Å². The third-order valence-electron chi connectivity index (χ3n) is 3.14. The normalized spacial score (nSPS) is 10.9. The fourth-order valence-electron chi connectivity index (χ4n) is 1.98. The van der Waals surface area contributed by atoms with Crippen LogP contribution < -0.4 is 10.6 Å². The molecule has 1 aromatic heterocycles. The van der Waals surface area contributed by atoms with E-state index >= 15 is 0 Å². The number of amides is 1. The average molecular weight is 317 g/mol. The highest BCUT2D eigenvalue weighted by Crippen LogP contribution is 2.21. The summed E-state index contributed by atoms with van der Waals surface area (Å²) in [6.07, 6.45) is 1.25. The van der Waals surface area contributed by atoms with Gasteiger partial charge in [0.2, 0.25) is 5.91 Å². The minimum atomic E-state index is 0.0175. The van der Waals surface area contributed by atoms with Gasteiger partial charge in [-0.25, -0.2) is 0 Å². The Bertz CT molecular complexity index is 448. The molecule has 0 atom stereocenters. The van der Waals surface area contributed by atoms with E-state index < -0.39 is 0 Å². The van der Waals surface area contributed by atoms with Gasteiger partial charge in [-0.2, -0.15) is 5.10 Å². The van der Waals surface area contributed by atoms with Crippen LogP contribution in [0.1, 0.15) is 31.7 Å². The van der Waals surface area contributed by atoms with Gasteiger partial charge in [-0.3, -0.25) is 9.48 Å². The van der Waals surface area contributed by atoms with Crippen LogP contribution >= 0.6 is 11.6 Å². The van der Waals surface area contributed by atoms with Gasteiger partial charge >= 0.3 is 0 Å². The predicted molar refractivity (Wildman–Crippen MR) is 83.5 cm³/mol. The Kier molecular flexibility index (Phi) is 8.34. The number of aromatic nitrogens is 2. The number of methoxy groups -OCH3 is 1. The average Bonchev–Trinajstić information content (AvgIpc) is 2.79. The highest BCUT2D eigenvalue weighted by Gasteiger charge is 2.13. The number of nitrogens with one attached hydrogen (secondary N) is 2. The Hall–Kier alpha value is -1.11. The summed E-state index contributed by atoms with van der Waals surface area (Å²) in [5.41, 5.74) is 1.91. The Morgan fingerprint density at radius 3 is 2.76 bits per heavy atom. The molecule has 21 heavy (non-hydrogen) atoms. The highest BCUT2D eigenvalue weighted by molar-refractivity contribution is 6.31. The van der Waals surface area contributed by atoms with Crippen LogP contribution in [-0.2, 0) is 29.0 Å². The highest BCUT2D eigenvalue weighted by atomic mass is 35.5. The number of ether oxygens (including phenoxy) is 1. The summed E-state index contributed by atoms with van der Waals surface area (Å²) in [6, 6.07) is 0. The molecule has 0 unspecified atom stereocenters. The van der Waals surface area contributed by atoms with Gasteiger partial charge in [-0.1, -0.05) is 18.5 Å². The van der Waals surface area contributed by atoms with Gasteiger partial charge in [-0.15, -0.1) is 0 Å². The van der Waals surface area contributed by atoms with Crippen LogP contribution in [0.25, 0.3) is 0 Å². The number of nitrogens with zero attached hydrogens (tertiary/aromatic N) is 2. The Morgan fingerprint density at radius 1 is 1.38 bits per heavy atom. The van der Waals surface area contributed by atoms with Crippen LogP contribution in [0.5, 0.6) is 0 Å². The van der Waals surface area contributed by atoms with Crippen molar-refractivity contribution in [1.29, 1.82) is 0 Å². The number of carbonyl (C=O) groups is 1. The van der Waals surface area contributed by atoms with E-state index in [0.29, 0.717) is 32.7 Å². The summed E-state index contributed by atoms with van der Waals surface area (Å²) in [5.74, 6) is 0.0175. The van der Waals surface area contributed by atoms with E-state index in [2.05, 4.69) is 15.7 Å². The van der Waals surface area contributed by atoms with E-state index in [0.717, 1.165) is 29.4 Å². The van der Waals surface area contributed by atoms with E-state index in [9.17, 15) is 4.79 Å². The van der Waals surface area contributed by atoms with Crippen molar-refractivity contribution >= 4 is 17.5 Å². The molecule has 1 rings (SSSR count). The lowest BCUT2D eigenvalue weighted by molar-refractivity contribution is -0.121. The standard InChI is InChI=1S/C14H25ClN4O2/c1-4-11-14(15)12(19(5-2)18-11)10-16-7-6-13(20)17-8-9-21-3/h16H,4-10H2,1-3H3,(H,17,20). The molecule has 120 valence electrons. The molecule has 0 fully saturated rings. The van der Waals surface area contributed by atoms with Gasteiger partial charge in [0.15, 0.2) is 0 Å². The van der Waals surface area contributed by atoms with Gasteiger partial charge in [-0.05, 0) is 13.3 Å². The summed E-state index contributed by atoms with van der Waals surface area (Å²) in [6.45, 7) is 7.16. The fourth-order valence-corrected chi connectivity index (χ4v) is 2.31. The molecule has 0 aliphatic rings. The third kappa shape index (κ3) is 5.65. The topological polar surface area (TPSA) is 68.2 Å². The molecule has 0 saturated carbocycles. The molecule has 1 amide bonds. The van der Waals surface area contributed by atoms with Crippen LogP contribution in [0.4, 0.5) is 0 Å². The van der Waals surface area contributed by atoms with Gasteiger partial charge < -0.3 is 15.4 Å². The minimum Gasteiger partial charge on any atom is -0.383 e. The van der Waals surface area contributed by atoms with Crippen LogP contribution in [0.2, 0.25) is 5.02 Å². The van der Waals surface area contributed by atoms with Crippen LogP contribution in [0, 0.1) is 0 Å². The zero-order valence-corrected chi connectivity index (χ0v) is 13.8. The van der Waals surface area contributed by atoms with Crippen molar-refractivity contribution < 1.29 is 9.53 Å². The Morgan fingerprint density at radius 2 is 2.14 bits per heavy atom. The maximum Gasteiger partial charge on any atom is 0.221 e. The first-order chi connectivity index (χ1) is 10.1. The van der Waals surface area contributed by atoms with Crippen molar-refractivity contribution in [2.75, 3.05) is 26.8 Å². The summed E-state index contributed by atoms with van der Waals surface area (Å²) in [4.78, 5) is 11.5. The van der Waals surface area contributed by atoms with E-state index in [1.54, 1.807) is 7.11 Å². The van der Waals surface area contributed by atoms with E-state index in [-0.39, 0.29) is 5.91 Å². The third-order valence-corrected chi connectivity index (χ3v) is 3.58. The van der Waals surface area contributed by atoms with Crippen molar-refractivity contribution in [2.24, 2.45) is 0 Å². The number of halogens is 1. The van der Waals surface area contributed by atoms with Crippen molar-refractivity contribution in [3.63, 3.8) is 0 Å². The lowest BCUT2D eigenvalue weighted by atomic mass is 10.3. The number of carbonyl (C=O) groups excluding carboxylic acids is 1. The lowest BCUT2D eigenvalue weighted by Crippen LogP contribution is -2.30. The SMILES string of the molecule is CCc1nn(CC)c(CNCCC(=O)NCCOC)c1Cl. The summed E-state index contributed by atoms with van der Waals surface area (Å²) in [5, 5.41) is 11.2. The molecule has 1 aromatic rings. The number of aryl methyl sites for hydroxylation is 2. The molecule has 7 heteroatoms. The van der Waals surface area contributed by atoms with E-state index in [4.69, 9.17) is 16.3 Å². The largest absolute Gasteiger partial charge is 0.383 e. The Labute approximate surface area is 131 Å².